The topological polar surface area (TPSA) is 18.5 Å². The first-order valence-electron chi connectivity index (χ1n) is 3.60. The summed E-state index contributed by atoms with van der Waals surface area (Å²) in [4.78, 5) is 1.09. The first kappa shape index (κ1) is 9.55. The lowest BCUT2D eigenvalue weighted by Gasteiger charge is -2.08. The number of ether oxygens (including phenoxy) is 2. The minimum atomic E-state index is -0.271. The van der Waals surface area contributed by atoms with Gasteiger partial charge in [0.1, 0.15) is 12.5 Å². The molecule has 0 spiro atoms. The predicted octanol–water partition coefficient (Wildman–Crippen LogP) is 4.10. The van der Waals surface area contributed by atoms with Crippen molar-refractivity contribution in [3.05, 3.63) is 31.2 Å². The molecule has 0 atom stereocenters. The predicted molar refractivity (Wildman–Crippen MR) is 58.5 cm³/mol. The average molecular weight is 326 g/mol. The van der Waals surface area contributed by atoms with Crippen molar-refractivity contribution in [1.29, 1.82) is 0 Å². The summed E-state index contributed by atoms with van der Waals surface area (Å²) in [5, 5.41) is 0. The molecule has 0 aromatic carbocycles. The largest absolute Gasteiger partial charge is 0.454 e. The van der Waals surface area contributed by atoms with E-state index in [0.29, 0.717) is 0 Å². The second-order valence-corrected chi connectivity index (χ2v) is 5.72. The highest BCUT2D eigenvalue weighted by molar-refractivity contribution is 9.13. The Bertz CT molecular complexity index is 351. The molecular formula is C8H6Br2O2S. The Labute approximate surface area is 96.8 Å². The van der Waals surface area contributed by atoms with Crippen LogP contribution in [-0.2, 0) is 9.47 Å². The summed E-state index contributed by atoms with van der Waals surface area (Å²) >= 11 is 8.55. The van der Waals surface area contributed by atoms with Gasteiger partial charge in [0.15, 0.2) is 0 Å². The molecule has 0 aliphatic carbocycles. The quantitative estimate of drug-likeness (QED) is 0.774. The van der Waals surface area contributed by atoms with Gasteiger partial charge in [-0.1, -0.05) is 0 Å². The van der Waals surface area contributed by atoms with E-state index < -0.39 is 0 Å². The standard InChI is InChI=1S/C8H6Br2O2S/c1-4-5(9)7(10)13-6(4)8-11-2-3-12-8/h2-3,8H,1H3. The van der Waals surface area contributed by atoms with Crippen LogP contribution in [0.25, 0.3) is 0 Å². The van der Waals surface area contributed by atoms with Crippen LogP contribution in [0.1, 0.15) is 16.7 Å². The smallest absolute Gasteiger partial charge is 0.275 e. The van der Waals surface area contributed by atoms with Gasteiger partial charge in [0.25, 0.3) is 6.29 Å². The molecule has 1 aromatic heterocycles. The zero-order valence-corrected chi connectivity index (χ0v) is 10.7. The monoisotopic (exact) mass is 324 g/mol. The maximum absolute atomic E-state index is 5.25. The van der Waals surface area contributed by atoms with Crippen molar-refractivity contribution in [1.82, 2.24) is 0 Å². The van der Waals surface area contributed by atoms with E-state index in [0.717, 1.165) is 18.7 Å². The van der Waals surface area contributed by atoms with E-state index in [-0.39, 0.29) is 6.29 Å². The summed E-state index contributed by atoms with van der Waals surface area (Å²) in [5.74, 6) is 0. The second kappa shape index (κ2) is 3.63. The molecule has 2 heterocycles. The van der Waals surface area contributed by atoms with Crippen LogP contribution in [0.4, 0.5) is 0 Å². The van der Waals surface area contributed by atoms with E-state index in [1.807, 2.05) is 6.92 Å². The van der Waals surface area contributed by atoms with E-state index in [1.54, 1.807) is 23.9 Å². The Morgan fingerprint density at radius 1 is 1.31 bits per heavy atom. The van der Waals surface area contributed by atoms with Crippen molar-refractivity contribution in [3.63, 3.8) is 0 Å². The second-order valence-electron chi connectivity index (χ2n) is 2.56. The highest BCUT2D eigenvalue weighted by atomic mass is 79.9. The van der Waals surface area contributed by atoms with E-state index in [2.05, 4.69) is 31.9 Å². The van der Waals surface area contributed by atoms with E-state index in [1.165, 1.54) is 0 Å². The van der Waals surface area contributed by atoms with Gasteiger partial charge in [-0.05, 0) is 44.3 Å². The zero-order valence-electron chi connectivity index (χ0n) is 6.71. The fraction of sp³-hybridized carbons (Fsp3) is 0.250. The van der Waals surface area contributed by atoms with Crippen molar-refractivity contribution < 1.29 is 9.47 Å². The third-order valence-corrected chi connectivity index (χ3v) is 5.51. The van der Waals surface area contributed by atoms with Gasteiger partial charge in [-0.2, -0.15) is 0 Å². The molecule has 0 saturated heterocycles. The molecule has 0 bridgehead atoms. The molecule has 0 amide bonds. The van der Waals surface area contributed by atoms with Crippen LogP contribution in [0.2, 0.25) is 0 Å². The van der Waals surface area contributed by atoms with Crippen LogP contribution in [0.3, 0.4) is 0 Å². The van der Waals surface area contributed by atoms with Gasteiger partial charge in [0, 0.05) is 4.47 Å². The Balaban J connectivity index is 2.35. The normalized spacial score (nSPS) is 15.9. The first-order chi connectivity index (χ1) is 6.20. The molecular weight excluding hydrogens is 320 g/mol. The Morgan fingerprint density at radius 3 is 2.38 bits per heavy atom. The highest BCUT2D eigenvalue weighted by Gasteiger charge is 2.23. The maximum Gasteiger partial charge on any atom is 0.275 e. The molecule has 2 nitrogen and oxygen atoms in total. The van der Waals surface area contributed by atoms with E-state index in [4.69, 9.17) is 9.47 Å². The molecule has 1 aromatic rings. The van der Waals surface area contributed by atoms with Crippen LogP contribution in [-0.4, -0.2) is 0 Å². The molecule has 0 fully saturated rings. The molecule has 70 valence electrons. The molecule has 1 aliphatic heterocycles. The maximum atomic E-state index is 5.25. The van der Waals surface area contributed by atoms with Crippen LogP contribution in [0, 0.1) is 6.92 Å². The molecule has 1 aliphatic rings. The fourth-order valence-corrected chi connectivity index (χ4v) is 3.37. The van der Waals surface area contributed by atoms with Crippen molar-refractivity contribution in [2.75, 3.05) is 0 Å². The highest BCUT2D eigenvalue weighted by Crippen LogP contribution is 2.42. The first-order valence-corrected chi connectivity index (χ1v) is 6.00. The third kappa shape index (κ3) is 1.65. The lowest BCUT2D eigenvalue weighted by atomic mass is 10.3. The molecule has 13 heavy (non-hydrogen) atoms. The van der Waals surface area contributed by atoms with Crippen molar-refractivity contribution in [2.45, 2.75) is 13.2 Å². The van der Waals surface area contributed by atoms with Gasteiger partial charge in [0.05, 0.1) is 8.66 Å². The van der Waals surface area contributed by atoms with Crippen LogP contribution in [0.5, 0.6) is 0 Å². The van der Waals surface area contributed by atoms with Crippen LogP contribution in [0.15, 0.2) is 20.8 Å². The van der Waals surface area contributed by atoms with E-state index in [9.17, 15) is 0 Å². The number of hydrogen-bond acceptors (Lipinski definition) is 3. The van der Waals surface area contributed by atoms with Crippen molar-refractivity contribution in [2.24, 2.45) is 0 Å². The Kier molecular flexibility index (Phi) is 2.67. The van der Waals surface area contributed by atoms with Gasteiger partial charge < -0.3 is 9.47 Å². The summed E-state index contributed by atoms with van der Waals surface area (Å²) in [6.07, 6.45) is 2.85. The van der Waals surface area contributed by atoms with Crippen LogP contribution < -0.4 is 0 Å². The summed E-state index contributed by atoms with van der Waals surface area (Å²) in [5.41, 5.74) is 1.16. The van der Waals surface area contributed by atoms with Crippen molar-refractivity contribution >= 4 is 43.2 Å². The minimum Gasteiger partial charge on any atom is -0.454 e. The zero-order chi connectivity index (χ0) is 9.42. The number of halogens is 2. The van der Waals surface area contributed by atoms with Gasteiger partial charge in [0.2, 0.25) is 0 Å². The average Bonchev–Trinajstić information content (AvgIpc) is 2.70. The number of rotatable bonds is 1. The Hall–Kier alpha value is -0.000000000000000222. The summed E-state index contributed by atoms with van der Waals surface area (Å²) < 4.78 is 12.7. The van der Waals surface area contributed by atoms with Gasteiger partial charge in [-0.25, -0.2) is 0 Å². The molecule has 2 rings (SSSR count). The molecule has 0 radical (unpaired) electrons. The van der Waals surface area contributed by atoms with E-state index >= 15 is 0 Å². The lowest BCUT2D eigenvalue weighted by molar-refractivity contribution is -0.0221. The number of hydrogen-bond donors (Lipinski definition) is 0. The van der Waals surface area contributed by atoms with Crippen LogP contribution >= 0.6 is 43.2 Å². The SMILES string of the molecule is Cc1c(C2OC=CO2)sc(Br)c1Br. The third-order valence-electron chi connectivity index (χ3n) is 1.74. The number of thiophene rings is 1. The minimum absolute atomic E-state index is 0.271. The lowest BCUT2D eigenvalue weighted by Crippen LogP contribution is -1.96. The summed E-state index contributed by atoms with van der Waals surface area (Å²) in [6, 6.07) is 0. The van der Waals surface area contributed by atoms with Gasteiger partial charge >= 0.3 is 0 Å². The molecule has 0 saturated carbocycles. The van der Waals surface area contributed by atoms with Gasteiger partial charge in [-0.3, -0.25) is 0 Å². The fourth-order valence-electron chi connectivity index (χ4n) is 1.06. The van der Waals surface area contributed by atoms with Gasteiger partial charge in [-0.15, -0.1) is 11.3 Å². The van der Waals surface area contributed by atoms with Crippen molar-refractivity contribution in [3.8, 4) is 0 Å². The summed E-state index contributed by atoms with van der Waals surface area (Å²) in [7, 11) is 0. The molecule has 5 heteroatoms. The summed E-state index contributed by atoms with van der Waals surface area (Å²) in [6.45, 7) is 2.03. The molecule has 0 unspecified atom stereocenters. The molecule has 0 N–H and O–H groups in total. The Morgan fingerprint density at radius 2 is 1.92 bits per heavy atom.